The summed E-state index contributed by atoms with van der Waals surface area (Å²) in [6.45, 7) is 0.914. The van der Waals surface area contributed by atoms with Gasteiger partial charge in [-0.2, -0.15) is 26.3 Å². The molecule has 6 nitrogen and oxygen atoms in total. The van der Waals surface area contributed by atoms with Crippen molar-refractivity contribution in [3.63, 3.8) is 0 Å². The molecule has 3 unspecified atom stereocenters. The van der Waals surface area contributed by atoms with Gasteiger partial charge in [0.15, 0.2) is 5.78 Å². The van der Waals surface area contributed by atoms with Gasteiger partial charge in [0.25, 0.3) is 0 Å². The molecule has 180 valence electrons. The van der Waals surface area contributed by atoms with Crippen LogP contribution in [0.25, 0.3) is 0 Å². The molecular formula is C19H23F6N3O3S. The number of amides is 1. The van der Waals surface area contributed by atoms with Crippen molar-refractivity contribution in [3.8, 4) is 0 Å². The van der Waals surface area contributed by atoms with Crippen LogP contribution in [-0.2, 0) is 15.7 Å². The van der Waals surface area contributed by atoms with E-state index in [-0.39, 0.29) is 29.0 Å². The summed E-state index contributed by atoms with van der Waals surface area (Å²) in [6.07, 6.45) is -8.88. The number of rotatable bonds is 6. The van der Waals surface area contributed by atoms with Crippen molar-refractivity contribution in [3.05, 3.63) is 33.3 Å². The Labute approximate surface area is 184 Å². The minimum absolute atomic E-state index is 0.0732. The van der Waals surface area contributed by atoms with E-state index in [1.165, 1.54) is 27.3 Å². The fourth-order valence-corrected chi connectivity index (χ4v) is 5.02. The van der Waals surface area contributed by atoms with E-state index in [1.807, 2.05) is 0 Å². The van der Waals surface area contributed by atoms with Crippen LogP contribution < -0.4 is 11.1 Å². The van der Waals surface area contributed by atoms with Gasteiger partial charge in [0.05, 0.1) is 6.04 Å². The molecule has 3 atom stereocenters. The Morgan fingerprint density at radius 1 is 1.28 bits per heavy atom. The number of Topliss-reactive ketones (excluding diaryl/α,β-unsaturated/α-hetero) is 1. The molecule has 3 N–H and O–H groups in total. The SMILES string of the molecule is CN/C=C(\N)C1CC(c2sc(C(F)(F)F)cc2C(=O)COC)CC(C)N1C(=O)C(F)(F)F. The number of thiophene rings is 1. The molecule has 32 heavy (non-hydrogen) atoms. The van der Waals surface area contributed by atoms with Gasteiger partial charge in [-0.25, -0.2) is 0 Å². The Morgan fingerprint density at radius 2 is 1.91 bits per heavy atom. The number of piperidine rings is 1. The summed E-state index contributed by atoms with van der Waals surface area (Å²) in [5.74, 6) is -3.49. The molecule has 1 amide bonds. The normalized spacial score (nSPS) is 22.7. The molecule has 13 heteroatoms. The van der Waals surface area contributed by atoms with Crippen molar-refractivity contribution in [2.75, 3.05) is 20.8 Å². The topological polar surface area (TPSA) is 84.7 Å². The first-order chi connectivity index (χ1) is 14.7. The largest absolute Gasteiger partial charge is 0.471 e. The highest BCUT2D eigenvalue weighted by molar-refractivity contribution is 7.12. The average Bonchev–Trinajstić information content (AvgIpc) is 3.12. The second kappa shape index (κ2) is 9.69. The molecule has 0 bridgehead atoms. The van der Waals surface area contributed by atoms with E-state index >= 15 is 0 Å². The summed E-state index contributed by atoms with van der Waals surface area (Å²) < 4.78 is 84.3. The van der Waals surface area contributed by atoms with Crippen molar-refractivity contribution < 1.29 is 40.7 Å². The fourth-order valence-electron chi connectivity index (χ4n) is 3.85. The molecule has 1 aromatic heterocycles. The highest BCUT2D eigenvalue weighted by Crippen LogP contribution is 2.45. The second-order valence-electron chi connectivity index (χ2n) is 7.42. The van der Waals surface area contributed by atoms with Crippen molar-refractivity contribution in [1.82, 2.24) is 10.2 Å². The predicted octanol–water partition coefficient (Wildman–Crippen LogP) is 3.64. The number of hydrogen-bond donors (Lipinski definition) is 2. The van der Waals surface area contributed by atoms with Gasteiger partial charge >= 0.3 is 18.3 Å². The van der Waals surface area contributed by atoms with E-state index in [4.69, 9.17) is 10.5 Å². The summed E-state index contributed by atoms with van der Waals surface area (Å²) in [6, 6.07) is -1.49. The third kappa shape index (κ3) is 5.55. The van der Waals surface area contributed by atoms with Gasteiger partial charge in [0.2, 0.25) is 0 Å². The number of halogens is 6. The summed E-state index contributed by atoms with van der Waals surface area (Å²) in [5.41, 5.74) is 5.65. The van der Waals surface area contributed by atoms with Crippen molar-refractivity contribution in [2.45, 2.75) is 50.1 Å². The molecule has 2 heterocycles. The number of nitrogens with one attached hydrogen (secondary N) is 1. The molecule has 1 aliphatic heterocycles. The van der Waals surface area contributed by atoms with E-state index in [0.29, 0.717) is 16.2 Å². The number of likely N-dealkylation sites (tertiary alicyclic amines) is 1. The van der Waals surface area contributed by atoms with Crippen LogP contribution in [-0.4, -0.2) is 55.6 Å². The number of ether oxygens (including phenoxy) is 1. The van der Waals surface area contributed by atoms with E-state index in [0.717, 1.165) is 6.07 Å². The molecule has 0 aliphatic carbocycles. The van der Waals surface area contributed by atoms with E-state index in [1.54, 1.807) is 0 Å². The summed E-state index contributed by atoms with van der Waals surface area (Å²) in [7, 11) is 2.68. The quantitative estimate of drug-likeness (QED) is 0.473. The van der Waals surface area contributed by atoms with Crippen molar-refractivity contribution in [2.24, 2.45) is 5.73 Å². The van der Waals surface area contributed by atoms with Gasteiger partial charge in [0, 0.05) is 42.5 Å². The average molecular weight is 487 g/mol. The lowest BCUT2D eigenvalue weighted by atomic mass is 9.82. The number of carbonyl (C=O) groups excluding carboxylic acids is 2. The number of carbonyl (C=O) groups is 2. The van der Waals surface area contributed by atoms with Crippen LogP contribution in [0.5, 0.6) is 0 Å². The Morgan fingerprint density at radius 3 is 2.41 bits per heavy atom. The number of nitrogens with zero attached hydrogens (tertiary/aromatic N) is 1. The lowest BCUT2D eigenvalue weighted by molar-refractivity contribution is -0.191. The Hall–Kier alpha value is -2.28. The molecule has 0 aromatic carbocycles. The molecular weight excluding hydrogens is 464 g/mol. The minimum Gasteiger partial charge on any atom is -0.399 e. The number of alkyl halides is 6. The monoisotopic (exact) mass is 487 g/mol. The maximum absolute atomic E-state index is 13.3. The Kier molecular flexibility index (Phi) is 7.87. The molecule has 1 aromatic rings. The van der Waals surface area contributed by atoms with Gasteiger partial charge < -0.3 is 20.7 Å². The van der Waals surface area contributed by atoms with Crippen LogP contribution in [0.15, 0.2) is 18.0 Å². The van der Waals surface area contributed by atoms with Crippen LogP contribution in [0.2, 0.25) is 0 Å². The molecule has 0 spiro atoms. The third-order valence-corrected chi connectivity index (χ3v) is 6.45. The lowest BCUT2D eigenvalue weighted by Crippen LogP contribution is -2.56. The molecule has 0 radical (unpaired) electrons. The zero-order valence-electron chi connectivity index (χ0n) is 17.4. The summed E-state index contributed by atoms with van der Waals surface area (Å²) in [4.78, 5) is 24.2. The molecule has 1 saturated heterocycles. The molecule has 0 saturated carbocycles. The van der Waals surface area contributed by atoms with E-state index in [2.05, 4.69) is 5.32 Å². The number of ketones is 1. The summed E-state index contributed by atoms with van der Waals surface area (Å²) in [5, 5.41) is 2.58. The van der Waals surface area contributed by atoms with E-state index < -0.39 is 53.5 Å². The van der Waals surface area contributed by atoms with Gasteiger partial charge in [-0.15, -0.1) is 11.3 Å². The van der Waals surface area contributed by atoms with E-state index in [9.17, 15) is 35.9 Å². The molecule has 2 rings (SSSR count). The van der Waals surface area contributed by atoms with Crippen LogP contribution in [0.3, 0.4) is 0 Å². The summed E-state index contributed by atoms with van der Waals surface area (Å²) >= 11 is 0.369. The van der Waals surface area contributed by atoms with Gasteiger partial charge in [0.1, 0.15) is 11.5 Å². The van der Waals surface area contributed by atoms with Gasteiger partial charge in [-0.1, -0.05) is 0 Å². The van der Waals surface area contributed by atoms with Crippen LogP contribution in [0.1, 0.15) is 45.8 Å². The third-order valence-electron chi connectivity index (χ3n) is 5.10. The van der Waals surface area contributed by atoms with Crippen LogP contribution in [0.4, 0.5) is 26.3 Å². The first kappa shape index (κ1) is 26.0. The first-order valence-corrected chi connectivity index (χ1v) is 10.3. The zero-order valence-corrected chi connectivity index (χ0v) is 18.2. The fraction of sp³-hybridized carbons (Fsp3) is 0.579. The Bertz CT molecular complexity index is 881. The number of methoxy groups -OCH3 is 1. The van der Waals surface area contributed by atoms with Crippen molar-refractivity contribution in [1.29, 1.82) is 0 Å². The zero-order chi connectivity index (χ0) is 24.4. The second-order valence-corrected chi connectivity index (χ2v) is 8.50. The maximum Gasteiger partial charge on any atom is 0.471 e. The van der Waals surface area contributed by atoms with Gasteiger partial charge in [-0.3, -0.25) is 9.59 Å². The molecule has 1 aliphatic rings. The number of hydrogen-bond acceptors (Lipinski definition) is 6. The lowest BCUT2D eigenvalue weighted by Gasteiger charge is -2.44. The van der Waals surface area contributed by atoms with Crippen LogP contribution in [0, 0.1) is 0 Å². The predicted molar refractivity (Wildman–Crippen MR) is 105 cm³/mol. The maximum atomic E-state index is 13.3. The first-order valence-electron chi connectivity index (χ1n) is 9.47. The van der Waals surface area contributed by atoms with Gasteiger partial charge in [-0.05, 0) is 31.7 Å². The minimum atomic E-state index is -5.15. The standard InChI is InChI=1S/C19H23F6N3O3S/c1-9-4-10(5-13(12(26)7-27-2)28(9)17(30)19(23,24)25)16-11(14(29)8-31-3)6-15(32-16)18(20,21)22/h6-7,9-10,13,27H,4-5,8,26H2,1-3H3/b12-7-. The highest BCUT2D eigenvalue weighted by atomic mass is 32.1. The number of nitrogens with two attached hydrogens (primary N) is 1. The molecule has 1 fully saturated rings. The smallest absolute Gasteiger partial charge is 0.399 e. The highest BCUT2D eigenvalue weighted by Gasteiger charge is 2.50. The van der Waals surface area contributed by atoms with Crippen LogP contribution >= 0.6 is 11.3 Å². The Balaban J connectivity index is 2.54. The van der Waals surface area contributed by atoms with Crippen molar-refractivity contribution >= 4 is 23.0 Å².